The van der Waals surface area contributed by atoms with E-state index in [0.29, 0.717) is 42.0 Å². The van der Waals surface area contributed by atoms with Gasteiger partial charge in [-0.25, -0.2) is 4.98 Å². The third-order valence-electron chi connectivity index (χ3n) is 5.32. The molecule has 0 unspecified atom stereocenters. The van der Waals surface area contributed by atoms with Crippen LogP contribution in [0.3, 0.4) is 0 Å². The molecule has 7 heteroatoms. The summed E-state index contributed by atoms with van der Waals surface area (Å²) >= 11 is 0. The summed E-state index contributed by atoms with van der Waals surface area (Å²) in [5, 5.41) is 23.6. The number of nitrogens with two attached hydrogens (primary N) is 1. The zero-order chi connectivity index (χ0) is 23.1. The Morgan fingerprint density at radius 1 is 1.16 bits per heavy atom. The van der Waals surface area contributed by atoms with E-state index in [2.05, 4.69) is 10.3 Å². The quantitative estimate of drug-likeness (QED) is 0.412. The van der Waals surface area contributed by atoms with Crippen molar-refractivity contribution in [3.05, 3.63) is 89.1 Å². The van der Waals surface area contributed by atoms with E-state index in [1.807, 2.05) is 31.2 Å². The lowest BCUT2D eigenvalue weighted by Crippen LogP contribution is -2.32. The number of phenols is 1. The highest BCUT2D eigenvalue weighted by atomic mass is 16.3. The Morgan fingerprint density at radius 3 is 2.66 bits per heavy atom. The van der Waals surface area contributed by atoms with Gasteiger partial charge in [-0.2, -0.15) is 0 Å². The van der Waals surface area contributed by atoms with Gasteiger partial charge in [-0.1, -0.05) is 36.4 Å². The van der Waals surface area contributed by atoms with Crippen LogP contribution >= 0.6 is 0 Å². The number of rotatable bonds is 9. The number of hydrogen-bond donors (Lipinski definition) is 4. The number of anilines is 1. The van der Waals surface area contributed by atoms with Crippen molar-refractivity contribution in [3.8, 4) is 5.75 Å². The van der Waals surface area contributed by atoms with Crippen LogP contribution in [0.4, 0.5) is 5.82 Å². The van der Waals surface area contributed by atoms with Crippen LogP contribution in [0.1, 0.15) is 40.1 Å². The Kier molecular flexibility index (Phi) is 7.81. The van der Waals surface area contributed by atoms with Crippen LogP contribution in [0.15, 0.2) is 66.9 Å². The minimum absolute atomic E-state index is 0.0933. The molecular weight excluding hydrogens is 404 g/mol. The maximum atomic E-state index is 12.9. The number of aliphatic hydroxyl groups excluding tert-OH is 1. The number of pyridine rings is 1. The van der Waals surface area contributed by atoms with Crippen molar-refractivity contribution in [2.45, 2.75) is 32.0 Å². The summed E-state index contributed by atoms with van der Waals surface area (Å²) < 4.78 is 0. The number of aromatic nitrogens is 1. The van der Waals surface area contributed by atoms with E-state index in [0.717, 1.165) is 5.56 Å². The van der Waals surface area contributed by atoms with E-state index in [1.54, 1.807) is 54.5 Å². The van der Waals surface area contributed by atoms with Gasteiger partial charge in [0.2, 0.25) is 0 Å². The summed E-state index contributed by atoms with van der Waals surface area (Å²) in [5.74, 6) is 0.489. The molecule has 0 radical (unpaired) electrons. The molecule has 0 aliphatic carbocycles. The Hall–Kier alpha value is -3.42. The number of benzene rings is 2. The molecule has 1 aromatic heterocycles. The van der Waals surface area contributed by atoms with Crippen LogP contribution in [0.25, 0.3) is 0 Å². The lowest BCUT2D eigenvalue weighted by atomic mass is 10.0. The van der Waals surface area contributed by atoms with E-state index < -0.39 is 6.10 Å². The number of amides is 1. The summed E-state index contributed by atoms with van der Waals surface area (Å²) in [5.41, 5.74) is 8.62. The van der Waals surface area contributed by atoms with Gasteiger partial charge in [-0.05, 0) is 43.2 Å². The van der Waals surface area contributed by atoms with Crippen molar-refractivity contribution in [1.82, 2.24) is 15.2 Å². The molecular formula is C25H30N4O3. The number of hydrogen-bond acceptors (Lipinski definition) is 6. The van der Waals surface area contributed by atoms with Gasteiger partial charge in [0.05, 0.1) is 6.10 Å². The molecule has 0 fully saturated rings. The number of phenolic OH excluding ortho intramolecular Hbond substituents is 1. The first kappa shape index (κ1) is 23.2. The Labute approximate surface area is 188 Å². The Bertz CT molecular complexity index is 1040. The molecule has 1 amide bonds. The van der Waals surface area contributed by atoms with Gasteiger partial charge in [-0.3, -0.25) is 4.79 Å². The first-order valence-electron chi connectivity index (χ1n) is 10.6. The fraction of sp³-hybridized carbons (Fsp3) is 0.280. The molecule has 3 aromatic rings. The standard InChI is InChI=1S/C25H30N4O3/c1-17(27-15-23(31)20-10-11-24(26)28-14-20)12-18-6-5-8-19(13-18)25(32)29(2)16-21-7-3-4-9-22(21)30/h3-11,13-14,17,23,27,30-31H,12,15-16H2,1-2H3,(H2,26,28)/t17-,23+/m1/s1. The number of nitrogen functional groups attached to an aromatic ring is 1. The van der Waals surface area contributed by atoms with Gasteiger partial charge < -0.3 is 26.2 Å². The van der Waals surface area contributed by atoms with Crippen LogP contribution in [-0.4, -0.2) is 45.6 Å². The highest BCUT2D eigenvalue weighted by molar-refractivity contribution is 5.94. The number of carbonyl (C=O) groups is 1. The number of carbonyl (C=O) groups excluding carboxylic acids is 1. The summed E-state index contributed by atoms with van der Waals surface area (Å²) in [6.07, 6.45) is 1.60. The fourth-order valence-corrected chi connectivity index (χ4v) is 3.49. The largest absolute Gasteiger partial charge is 0.508 e. The van der Waals surface area contributed by atoms with Crippen molar-refractivity contribution in [2.75, 3.05) is 19.3 Å². The molecule has 0 bridgehead atoms. The molecule has 0 saturated heterocycles. The Morgan fingerprint density at radius 2 is 1.94 bits per heavy atom. The molecule has 3 rings (SSSR count). The van der Waals surface area contributed by atoms with Crippen molar-refractivity contribution in [2.24, 2.45) is 0 Å². The second-order valence-corrected chi connectivity index (χ2v) is 8.04. The molecule has 5 N–H and O–H groups in total. The average molecular weight is 435 g/mol. The third-order valence-corrected chi connectivity index (χ3v) is 5.32. The lowest BCUT2D eigenvalue weighted by Gasteiger charge is -2.20. The van der Waals surface area contributed by atoms with E-state index in [4.69, 9.17) is 5.73 Å². The smallest absolute Gasteiger partial charge is 0.253 e. The molecule has 168 valence electrons. The number of para-hydroxylation sites is 1. The number of nitrogens with one attached hydrogen (secondary N) is 1. The normalized spacial score (nSPS) is 12.8. The lowest BCUT2D eigenvalue weighted by molar-refractivity contribution is 0.0784. The van der Waals surface area contributed by atoms with Crippen molar-refractivity contribution >= 4 is 11.7 Å². The topological polar surface area (TPSA) is 112 Å². The van der Waals surface area contributed by atoms with Gasteiger partial charge in [-0.15, -0.1) is 0 Å². The van der Waals surface area contributed by atoms with E-state index >= 15 is 0 Å². The third kappa shape index (κ3) is 6.29. The van der Waals surface area contributed by atoms with E-state index in [1.165, 1.54) is 0 Å². The van der Waals surface area contributed by atoms with Crippen molar-refractivity contribution in [1.29, 1.82) is 0 Å². The monoisotopic (exact) mass is 434 g/mol. The average Bonchev–Trinajstić information content (AvgIpc) is 2.79. The van der Waals surface area contributed by atoms with Crippen LogP contribution < -0.4 is 11.1 Å². The SMILES string of the molecule is C[C@H](Cc1cccc(C(=O)N(C)Cc2ccccc2O)c1)NC[C@H](O)c1ccc(N)nc1. The molecule has 32 heavy (non-hydrogen) atoms. The highest BCUT2D eigenvalue weighted by Crippen LogP contribution is 2.19. The van der Waals surface area contributed by atoms with Gasteiger partial charge in [0, 0.05) is 49.1 Å². The van der Waals surface area contributed by atoms with Crippen LogP contribution in [0.2, 0.25) is 0 Å². The maximum Gasteiger partial charge on any atom is 0.253 e. The minimum Gasteiger partial charge on any atom is -0.508 e. The molecule has 1 heterocycles. The maximum absolute atomic E-state index is 12.9. The zero-order valence-corrected chi connectivity index (χ0v) is 18.4. The molecule has 0 spiro atoms. The minimum atomic E-state index is -0.679. The Balaban J connectivity index is 1.56. The van der Waals surface area contributed by atoms with Gasteiger partial charge in [0.15, 0.2) is 0 Å². The fourth-order valence-electron chi connectivity index (χ4n) is 3.49. The predicted octanol–water partition coefficient (Wildman–Crippen LogP) is 2.90. The van der Waals surface area contributed by atoms with Crippen LogP contribution in [0.5, 0.6) is 5.75 Å². The summed E-state index contributed by atoms with van der Waals surface area (Å²) in [6.45, 7) is 2.74. The van der Waals surface area contributed by atoms with Crippen molar-refractivity contribution < 1.29 is 15.0 Å². The van der Waals surface area contributed by atoms with Gasteiger partial charge in [0.1, 0.15) is 11.6 Å². The first-order chi connectivity index (χ1) is 15.3. The molecule has 2 atom stereocenters. The molecule has 7 nitrogen and oxygen atoms in total. The number of nitrogens with zero attached hydrogens (tertiary/aromatic N) is 2. The van der Waals surface area contributed by atoms with Crippen molar-refractivity contribution in [3.63, 3.8) is 0 Å². The highest BCUT2D eigenvalue weighted by Gasteiger charge is 2.15. The molecule has 0 saturated carbocycles. The number of aromatic hydroxyl groups is 1. The first-order valence-corrected chi connectivity index (χ1v) is 10.6. The second kappa shape index (κ2) is 10.7. The van der Waals surface area contributed by atoms with E-state index in [-0.39, 0.29) is 17.7 Å². The number of aliphatic hydroxyl groups is 1. The summed E-state index contributed by atoms with van der Waals surface area (Å²) in [7, 11) is 1.72. The van der Waals surface area contributed by atoms with Gasteiger partial charge >= 0.3 is 0 Å². The molecule has 0 aliphatic rings. The predicted molar refractivity (Wildman–Crippen MR) is 125 cm³/mol. The summed E-state index contributed by atoms with van der Waals surface area (Å²) in [4.78, 5) is 18.5. The van der Waals surface area contributed by atoms with Gasteiger partial charge in [0.25, 0.3) is 5.91 Å². The molecule has 0 aliphatic heterocycles. The summed E-state index contributed by atoms with van der Waals surface area (Å²) in [6, 6.07) is 18.1. The molecule has 2 aromatic carbocycles. The zero-order valence-electron chi connectivity index (χ0n) is 18.4. The van der Waals surface area contributed by atoms with Crippen LogP contribution in [0, 0.1) is 0 Å². The van der Waals surface area contributed by atoms with Crippen LogP contribution in [-0.2, 0) is 13.0 Å². The van der Waals surface area contributed by atoms with E-state index in [9.17, 15) is 15.0 Å². The second-order valence-electron chi connectivity index (χ2n) is 8.04.